The molecule has 1 aromatic carbocycles. The van der Waals surface area contributed by atoms with Crippen molar-refractivity contribution in [2.45, 2.75) is 6.42 Å². The van der Waals surface area contributed by atoms with Gasteiger partial charge in [0.25, 0.3) is 0 Å². The molecule has 0 saturated heterocycles. The van der Waals surface area contributed by atoms with Gasteiger partial charge in [-0.1, -0.05) is 0 Å². The molecule has 0 radical (unpaired) electrons. The first-order valence-electron chi connectivity index (χ1n) is 5.12. The average molecular weight is 239 g/mol. The molecule has 6 heteroatoms. The number of nitrogens with one attached hydrogen (secondary N) is 1. The van der Waals surface area contributed by atoms with Crippen LogP contribution < -0.4 is 26.3 Å². The summed E-state index contributed by atoms with van der Waals surface area (Å²) in [6, 6.07) is 3.38. The zero-order valence-corrected chi connectivity index (χ0v) is 9.95. The van der Waals surface area contributed by atoms with Crippen molar-refractivity contribution in [3.63, 3.8) is 0 Å². The molecule has 0 atom stereocenters. The molecule has 0 bridgehead atoms. The first kappa shape index (κ1) is 13.0. The van der Waals surface area contributed by atoms with Gasteiger partial charge in [-0.15, -0.1) is 0 Å². The van der Waals surface area contributed by atoms with Crippen molar-refractivity contribution in [3.8, 4) is 11.5 Å². The van der Waals surface area contributed by atoms with Gasteiger partial charge >= 0.3 is 0 Å². The monoisotopic (exact) mass is 239 g/mol. The fourth-order valence-corrected chi connectivity index (χ4v) is 1.37. The third-order valence-electron chi connectivity index (χ3n) is 2.24. The summed E-state index contributed by atoms with van der Waals surface area (Å²) in [6.07, 6.45) is 0.244. The standard InChI is InChI=1S/C11H17N3O3/c1-16-9-5-7(12)8(6-10(9)17-2)14-4-3-11(13)15/h5-6,14H,3-4,12H2,1-2H3,(H2,13,15). The van der Waals surface area contributed by atoms with Gasteiger partial charge in [-0.05, 0) is 0 Å². The maximum Gasteiger partial charge on any atom is 0.219 e. The van der Waals surface area contributed by atoms with Crippen molar-refractivity contribution >= 4 is 17.3 Å². The average Bonchev–Trinajstić information content (AvgIpc) is 2.30. The Morgan fingerprint density at radius 3 is 2.41 bits per heavy atom. The molecule has 0 aromatic heterocycles. The number of amides is 1. The molecule has 0 fully saturated rings. The van der Waals surface area contributed by atoms with Crippen LogP contribution in [0.5, 0.6) is 11.5 Å². The Balaban J connectivity index is 2.81. The lowest BCUT2D eigenvalue weighted by Crippen LogP contribution is -2.16. The van der Waals surface area contributed by atoms with Crippen LogP contribution in [0.4, 0.5) is 11.4 Å². The number of hydrogen-bond acceptors (Lipinski definition) is 5. The molecule has 1 amide bonds. The van der Waals surface area contributed by atoms with E-state index in [0.29, 0.717) is 29.4 Å². The van der Waals surface area contributed by atoms with Crippen molar-refractivity contribution in [2.75, 3.05) is 31.8 Å². The molecule has 0 aliphatic rings. The van der Waals surface area contributed by atoms with E-state index < -0.39 is 0 Å². The smallest absolute Gasteiger partial charge is 0.219 e. The highest BCUT2D eigenvalue weighted by Crippen LogP contribution is 2.34. The zero-order chi connectivity index (χ0) is 12.8. The second kappa shape index (κ2) is 5.83. The summed E-state index contributed by atoms with van der Waals surface area (Å²) >= 11 is 0. The first-order valence-corrected chi connectivity index (χ1v) is 5.12. The number of carbonyl (C=O) groups excluding carboxylic acids is 1. The number of methoxy groups -OCH3 is 2. The lowest BCUT2D eigenvalue weighted by Gasteiger charge is -2.13. The number of anilines is 2. The van der Waals surface area contributed by atoms with Crippen molar-refractivity contribution in [2.24, 2.45) is 5.73 Å². The van der Waals surface area contributed by atoms with E-state index in [-0.39, 0.29) is 12.3 Å². The predicted molar refractivity (Wildman–Crippen MR) is 66.3 cm³/mol. The number of hydrogen-bond donors (Lipinski definition) is 3. The van der Waals surface area contributed by atoms with Gasteiger partial charge in [-0.2, -0.15) is 0 Å². The van der Waals surface area contributed by atoms with Gasteiger partial charge in [0.1, 0.15) is 0 Å². The molecule has 0 aliphatic carbocycles. The number of ether oxygens (including phenoxy) is 2. The minimum atomic E-state index is -0.364. The van der Waals surface area contributed by atoms with E-state index in [9.17, 15) is 4.79 Å². The molecule has 0 unspecified atom stereocenters. The zero-order valence-electron chi connectivity index (χ0n) is 9.95. The van der Waals surface area contributed by atoms with Crippen LogP contribution in [0, 0.1) is 0 Å². The Morgan fingerprint density at radius 2 is 1.88 bits per heavy atom. The van der Waals surface area contributed by atoms with E-state index in [1.54, 1.807) is 19.2 Å². The first-order chi connectivity index (χ1) is 8.08. The van der Waals surface area contributed by atoms with E-state index in [0.717, 1.165) is 0 Å². The maximum atomic E-state index is 10.6. The molecule has 1 aromatic rings. The Kier molecular flexibility index (Phi) is 4.45. The Bertz CT molecular complexity index is 407. The van der Waals surface area contributed by atoms with E-state index in [4.69, 9.17) is 20.9 Å². The maximum absolute atomic E-state index is 10.6. The molecular weight excluding hydrogens is 222 g/mol. The van der Waals surface area contributed by atoms with Gasteiger partial charge in [-0.3, -0.25) is 4.79 Å². The summed E-state index contributed by atoms with van der Waals surface area (Å²) < 4.78 is 10.3. The topological polar surface area (TPSA) is 99.6 Å². The normalized spacial score (nSPS) is 9.76. The third kappa shape index (κ3) is 3.44. The van der Waals surface area contributed by atoms with E-state index in [2.05, 4.69) is 5.32 Å². The van der Waals surface area contributed by atoms with Crippen LogP contribution in [0.3, 0.4) is 0 Å². The molecule has 0 spiro atoms. The summed E-state index contributed by atoms with van der Waals surface area (Å²) in [5, 5.41) is 3.01. The summed E-state index contributed by atoms with van der Waals surface area (Å²) in [5.74, 6) is 0.769. The van der Waals surface area contributed by atoms with Gasteiger partial charge in [0.05, 0.1) is 25.6 Å². The van der Waals surface area contributed by atoms with Gasteiger partial charge in [0.2, 0.25) is 5.91 Å². The minimum absolute atomic E-state index is 0.244. The van der Waals surface area contributed by atoms with E-state index in [1.807, 2.05) is 0 Å². The van der Waals surface area contributed by atoms with Gasteiger partial charge in [0.15, 0.2) is 11.5 Å². The Hall–Kier alpha value is -2.11. The lowest BCUT2D eigenvalue weighted by molar-refractivity contribution is -0.117. The minimum Gasteiger partial charge on any atom is -0.493 e. The number of carbonyl (C=O) groups is 1. The van der Waals surface area contributed by atoms with Crippen LogP contribution in [0.25, 0.3) is 0 Å². The molecule has 0 heterocycles. The van der Waals surface area contributed by atoms with Crippen LogP contribution in [0.1, 0.15) is 6.42 Å². The van der Waals surface area contributed by atoms with Crippen LogP contribution in [0.2, 0.25) is 0 Å². The molecule has 0 aliphatic heterocycles. The summed E-state index contributed by atoms with van der Waals surface area (Å²) in [4.78, 5) is 10.6. The highest BCUT2D eigenvalue weighted by molar-refractivity contribution is 5.75. The van der Waals surface area contributed by atoms with Crippen LogP contribution in [-0.4, -0.2) is 26.7 Å². The van der Waals surface area contributed by atoms with Crippen molar-refractivity contribution in [1.82, 2.24) is 0 Å². The molecular formula is C11H17N3O3. The quantitative estimate of drug-likeness (QED) is 0.630. The van der Waals surface area contributed by atoms with Crippen LogP contribution >= 0.6 is 0 Å². The Morgan fingerprint density at radius 1 is 1.29 bits per heavy atom. The van der Waals surface area contributed by atoms with E-state index >= 15 is 0 Å². The molecule has 6 nitrogen and oxygen atoms in total. The molecule has 94 valence electrons. The fourth-order valence-electron chi connectivity index (χ4n) is 1.37. The van der Waals surface area contributed by atoms with E-state index in [1.165, 1.54) is 7.11 Å². The predicted octanol–water partition coefficient (Wildman–Crippen LogP) is 0.573. The second-order valence-electron chi connectivity index (χ2n) is 3.44. The number of nitrogens with two attached hydrogens (primary N) is 2. The highest BCUT2D eigenvalue weighted by atomic mass is 16.5. The fraction of sp³-hybridized carbons (Fsp3) is 0.364. The molecule has 0 saturated carbocycles. The van der Waals surface area contributed by atoms with Gasteiger partial charge in [0, 0.05) is 25.1 Å². The second-order valence-corrected chi connectivity index (χ2v) is 3.44. The van der Waals surface area contributed by atoms with Gasteiger partial charge < -0.3 is 26.3 Å². The lowest BCUT2D eigenvalue weighted by atomic mass is 10.2. The number of nitrogen functional groups attached to an aromatic ring is 1. The molecule has 17 heavy (non-hydrogen) atoms. The molecule has 5 N–H and O–H groups in total. The summed E-state index contributed by atoms with van der Waals surface area (Å²) in [6.45, 7) is 0.426. The Labute approximate surface area is 99.9 Å². The van der Waals surface area contributed by atoms with Crippen molar-refractivity contribution < 1.29 is 14.3 Å². The van der Waals surface area contributed by atoms with Crippen molar-refractivity contribution in [1.29, 1.82) is 0 Å². The highest BCUT2D eigenvalue weighted by Gasteiger charge is 2.08. The van der Waals surface area contributed by atoms with Crippen LogP contribution in [0.15, 0.2) is 12.1 Å². The number of benzene rings is 1. The number of rotatable bonds is 6. The largest absolute Gasteiger partial charge is 0.493 e. The summed E-state index contributed by atoms with van der Waals surface area (Å²) in [5.41, 5.74) is 12.1. The number of primary amides is 1. The third-order valence-corrected chi connectivity index (χ3v) is 2.24. The molecule has 1 rings (SSSR count). The van der Waals surface area contributed by atoms with Crippen LogP contribution in [-0.2, 0) is 4.79 Å². The SMILES string of the molecule is COc1cc(N)c(NCCC(N)=O)cc1OC. The summed E-state index contributed by atoms with van der Waals surface area (Å²) in [7, 11) is 3.08. The van der Waals surface area contributed by atoms with Crippen molar-refractivity contribution in [3.05, 3.63) is 12.1 Å². The van der Waals surface area contributed by atoms with Gasteiger partial charge in [-0.25, -0.2) is 0 Å².